The second kappa shape index (κ2) is 6.48. The molecule has 1 saturated carbocycles. The van der Waals surface area contributed by atoms with Gasteiger partial charge in [0.05, 0.1) is 11.3 Å². The predicted molar refractivity (Wildman–Crippen MR) is 80.7 cm³/mol. The van der Waals surface area contributed by atoms with Gasteiger partial charge in [-0.15, -0.1) is 10.2 Å². The number of benzene rings is 1. The molecule has 7 heteroatoms. The first-order valence-corrected chi connectivity index (χ1v) is 8.12. The number of nitrogens with one attached hydrogen (secondary N) is 1. The molecular formula is C15H16FN3O2S. The summed E-state index contributed by atoms with van der Waals surface area (Å²) in [5.74, 6) is 0.460. The average Bonchev–Trinajstić information content (AvgIpc) is 3.25. The van der Waals surface area contributed by atoms with E-state index in [4.69, 9.17) is 4.42 Å². The number of carbonyl (C=O) groups excluding carboxylic acids is 1. The Kier molecular flexibility index (Phi) is 4.42. The van der Waals surface area contributed by atoms with E-state index in [-0.39, 0.29) is 34.4 Å². The maximum atomic E-state index is 13.6. The zero-order chi connectivity index (χ0) is 15.5. The fraction of sp³-hybridized carbons (Fsp3) is 0.400. The van der Waals surface area contributed by atoms with E-state index in [0.29, 0.717) is 5.92 Å². The molecule has 1 heterocycles. The summed E-state index contributed by atoms with van der Waals surface area (Å²) in [6.45, 7) is 2.02. The van der Waals surface area contributed by atoms with Gasteiger partial charge < -0.3 is 9.73 Å². The molecule has 0 spiro atoms. The molecule has 1 amide bonds. The minimum atomic E-state index is -0.418. The smallest absolute Gasteiger partial charge is 0.277 e. The maximum absolute atomic E-state index is 13.6. The van der Waals surface area contributed by atoms with E-state index in [1.807, 2.05) is 6.92 Å². The first-order valence-electron chi connectivity index (χ1n) is 7.14. The van der Waals surface area contributed by atoms with Crippen LogP contribution in [-0.4, -0.2) is 27.9 Å². The van der Waals surface area contributed by atoms with Gasteiger partial charge in [-0.25, -0.2) is 4.39 Å². The van der Waals surface area contributed by atoms with Gasteiger partial charge in [0.1, 0.15) is 5.82 Å². The Morgan fingerprint density at radius 2 is 2.23 bits per heavy atom. The van der Waals surface area contributed by atoms with Crippen molar-refractivity contribution in [1.82, 2.24) is 15.5 Å². The van der Waals surface area contributed by atoms with Gasteiger partial charge in [0.2, 0.25) is 5.91 Å². The largest absolute Gasteiger partial charge is 0.411 e. The number of aromatic nitrogens is 2. The van der Waals surface area contributed by atoms with Gasteiger partial charge in [-0.05, 0) is 37.8 Å². The minimum Gasteiger partial charge on any atom is -0.411 e. The summed E-state index contributed by atoms with van der Waals surface area (Å²) < 4.78 is 19.0. The molecule has 3 rings (SSSR count). The molecule has 1 N–H and O–H groups in total. The van der Waals surface area contributed by atoms with Crippen LogP contribution in [0.15, 0.2) is 33.9 Å². The summed E-state index contributed by atoms with van der Waals surface area (Å²) in [6.07, 6.45) is 2.37. The van der Waals surface area contributed by atoms with Crippen LogP contribution < -0.4 is 5.32 Å². The van der Waals surface area contributed by atoms with Gasteiger partial charge in [-0.1, -0.05) is 23.9 Å². The summed E-state index contributed by atoms with van der Waals surface area (Å²) >= 11 is 1.15. The van der Waals surface area contributed by atoms with Crippen LogP contribution in [0.5, 0.6) is 0 Å². The van der Waals surface area contributed by atoms with Crippen molar-refractivity contribution in [2.45, 2.75) is 31.0 Å². The standard InChI is InChI=1S/C15H16FN3O2S/c1-9(10-6-7-10)17-13(20)8-22-15-19-18-14(21-15)11-4-2-3-5-12(11)16/h2-5,9-10H,6-8H2,1H3,(H,17,20)/t9-/m1/s1. The summed E-state index contributed by atoms with van der Waals surface area (Å²) in [5.41, 5.74) is 0.258. The molecule has 116 valence electrons. The topological polar surface area (TPSA) is 68.0 Å². The number of carbonyl (C=O) groups is 1. The first kappa shape index (κ1) is 15.0. The van der Waals surface area contributed by atoms with Crippen molar-refractivity contribution in [2.75, 3.05) is 5.75 Å². The van der Waals surface area contributed by atoms with Crippen molar-refractivity contribution >= 4 is 17.7 Å². The van der Waals surface area contributed by atoms with Gasteiger partial charge in [-0.3, -0.25) is 4.79 Å². The third kappa shape index (κ3) is 3.65. The van der Waals surface area contributed by atoms with E-state index < -0.39 is 5.82 Å². The average molecular weight is 321 g/mol. The number of amides is 1. The van der Waals surface area contributed by atoms with Gasteiger partial charge in [0, 0.05) is 6.04 Å². The molecule has 1 atom stereocenters. The fourth-order valence-electron chi connectivity index (χ4n) is 2.15. The fourth-order valence-corrected chi connectivity index (χ4v) is 2.72. The molecule has 1 aromatic carbocycles. The van der Waals surface area contributed by atoms with E-state index in [9.17, 15) is 9.18 Å². The Labute approximate surface area is 131 Å². The zero-order valence-corrected chi connectivity index (χ0v) is 12.9. The lowest BCUT2D eigenvalue weighted by Gasteiger charge is -2.11. The van der Waals surface area contributed by atoms with Crippen LogP contribution in [0.25, 0.3) is 11.5 Å². The van der Waals surface area contributed by atoms with Gasteiger partial charge >= 0.3 is 0 Å². The highest BCUT2D eigenvalue weighted by molar-refractivity contribution is 7.99. The number of halogens is 1. The Morgan fingerprint density at radius 1 is 1.45 bits per heavy atom. The van der Waals surface area contributed by atoms with Gasteiger partial charge in [-0.2, -0.15) is 0 Å². The highest BCUT2D eigenvalue weighted by atomic mass is 32.2. The number of thioether (sulfide) groups is 1. The van der Waals surface area contributed by atoms with Crippen molar-refractivity contribution in [3.8, 4) is 11.5 Å². The van der Waals surface area contributed by atoms with Crippen LogP contribution >= 0.6 is 11.8 Å². The Hall–Kier alpha value is -1.89. The molecule has 0 bridgehead atoms. The lowest BCUT2D eigenvalue weighted by atomic mass is 10.2. The van der Waals surface area contributed by atoms with Crippen LogP contribution in [0, 0.1) is 11.7 Å². The number of nitrogens with zero attached hydrogens (tertiary/aromatic N) is 2. The first-order chi connectivity index (χ1) is 10.6. The Morgan fingerprint density at radius 3 is 2.95 bits per heavy atom. The highest BCUT2D eigenvalue weighted by Gasteiger charge is 2.28. The maximum Gasteiger partial charge on any atom is 0.277 e. The van der Waals surface area contributed by atoms with Crippen LogP contribution in [0.1, 0.15) is 19.8 Å². The molecule has 0 radical (unpaired) electrons. The summed E-state index contributed by atoms with van der Waals surface area (Å²) in [6, 6.07) is 6.41. The monoisotopic (exact) mass is 321 g/mol. The van der Waals surface area contributed by atoms with Crippen molar-refractivity contribution in [2.24, 2.45) is 5.92 Å². The van der Waals surface area contributed by atoms with Crippen molar-refractivity contribution in [1.29, 1.82) is 0 Å². The molecule has 1 aliphatic rings. The van der Waals surface area contributed by atoms with Gasteiger partial charge in [0.15, 0.2) is 0 Å². The second-order valence-corrected chi connectivity index (χ2v) is 6.26. The zero-order valence-electron chi connectivity index (χ0n) is 12.1. The van der Waals surface area contributed by atoms with Gasteiger partial charge in [0.25, 0.3) is 11.1 Å². The van der Waals surface area contributed by atoms with E-state index >= 15 is 0 Å². The van der Waals surface area contributed by atoms with Crippen molar-refractivity contribution < 1.29 is 13.6 Å². The molecule has 1 fully saturated rings. The summed E-state index contributed by atoms with van der Waals surface area (Å²) in [4.78, 5) is 11.8. The van der Waals surface area contributed by atoms with E-state index in [2.05, 4.69) is 15.5 Å². The summed E-state index contributed by atoms with van der Waals surface area (Å²) in [7, 11) is 0. The molecular weight excluding hydrogens is 305 g/mol. The molecule has 5 nitrogen and oxygen atoms in total. The Balaban J connectivity index is 1.55. The molecule has 2 aromatic rings. The van der Waals surface area contributed by atoms with E-state index in [1.54, 1.807) is 18.2 Å². The normalized spacial score (nSPS) is 15.5. The van der Waals surface area contributed by atoms with E-state index in [1.165, 1.54) is 18.9 Å². The number of hydrogen-bond acceptors (Lipinski definition) is 5. The third-order valence-corrected chi connectivity index (χ3v) is 4.37. The van der Waals surface area contributed by atoms with E-state index in [0.717, 1.165) is 11.8 Å². The third-order valence-electron chi connectivity index (χ3n) is 3.56. The van der Waals surface area contributed by atoms with Crippen molar-refractivity contribution in [3.05, 3.63) is 30.1 Å². The Bertz CT molecular complexity index is 672. The van der Waals surface area contributed by atoms with Crippen LogP contribution in [0.4, 0.5) is 4.39 Å². The molecule has 1 aliphatic carbocycles. The lowest BCUT2D eigenvalue weighted by molar-refractivity contribution is -0.119. The molecule has 0 saturated heterocycles. The molecule has 22 heavy (non-hydrogen) atoms. The van der Waals surface area contributed by atoms with Crippen LogP contribution in [-0.2, 0) is 4.79 Å². The SMILES string of the molecule is C[C@@H](NC(=O)CSc1nnc(-c2ccccc2F)o1)C1CC1. The van der Waals surface area contributed by atoms with Crippen molar-refractivity contribution in [3.63, 3.8) is 0 Å². The van der Waals surface area contributed by atoms with Crippen LogP contribution in [0.2, 0.25) is 0 Å². The minimum absolute atomic E-state index is 0.0601. The number of hydrogen-bond donors (Lipinski definition) is 1. The van der Waals surface area contributed by atoms with Crippen LogP contribution in [0.3, 0.4) is 0 Å². The summed E-state index contributed by atoms with van der Waals surface area (Å²) in [5, 5.41) is 10.9. The molecule has 0 unspecified atom stereocenters. The number of rotatable bonds is 6. The lowest BCUT2D eigenvalue weighted by Crippen LogP contribution is -2.35. The molecule has 0 aliphatic heterocycles. The second-order valence-electron chi connectivity index (χ2n) is 5.34. The molecule has 1 aromatic heterocycles. The predicted octanol–water partition coefficient (Wildman–Crippen LogP) is 2.88. The quantitative estimate of drug-likeness (QED) is 0.829. The highest BCUT2D eigenvalue weighted by Crippen LogP contribution is 2.32.